The van der Waals surface area contributed by atoms with E-state index in [1.807, 2.05) is 30.1 Å². The van der Waals surface area contributed by atoms with Crippen molar-refractivity contribution in [3.8, 4) is 0 Å². The second-order valence-corrected chi connectivity index (χ2v) is 5.16. The van der Waals surface area contributed by atoms with Gasteiger partial charge in [0.1, 0.15) is 0 Å². The summed E-state index contributed by atoms with van der Waals surface area (Å²) in [5, 5.41) is 4.38. The van der Waals surface area contributed by atoms with Crippen LogP contribution >= 0.6 is 22.6 Å². The molecule has 0 N–H and O–H groups in total. The van der Waals surface area contributed by atoms with Gasteiger partial charge in [-0.1, -0.05) is 6.92 Å². The zero-order chi connectivity index (χ0) is 12.4. The van der Waals surface area contributed by atoms with Crippen molar-refractivity contribution in [2.45, 2.75) is 19.9 Å². The van der Waals surface area contributed by atoms with Crippen molar-refractivity contribution in [1.82, 2.24) is 14.3 Å². The lowest BCUT2D eigenvalue weighted by Crippen LogP contribution is -2.20. The van der Waals surface area contributed by atoms with E-state index in [-0.39, 0.29) is 5.56 Å². The number of halogens is 1. The number of aryl methyl sites for hydroxylation is 2. The van der Waals surface area contributed by atoms with Gasteiger partial charge in [-0.25, -0.2) is 0 Å². The van der Waals surface area contributed by atoms with Crippen molar-refractivity contribution in [3.63, 3.8) is 0 Å². The minimum atomic E-state index is 0.0182. The SMILES string of the molecule is CCc1cc(Cn2cc(I)ccc2=O)n(C)n1. The molecule has 0 bridgehead atoms. The van der Waals surface area contributed by atoms with Gasteiger partial charge in [0.05, 0.1) is 17.9 Å². The first-order valence-electron chi connectivity index (χ1n) is 5.48. The Hall–Kier alpha value is -1.11. The fourth-order valence-electron chi connectivity index (χ4n) is 1.69. The lowest BCUT2D eigenvalue weighted by molar-refractivity contribution is 0.648. The molecule has 2 rings (SSSR count). The Morgan fingerprint density at radius 1 is 1.41 bits per heavy atom. The summed E-state index contributed by atoms with van der Waals surface area (Å²) in [5.74, 6) is 0. The maximum atomic E-state index is 11.7. The Balaban J connectivity index is 2.34. The Morgan fingerprint density at radius 2 is 2.18 bits per heavy atom. The van der Waals surface area contributed by atoms with Crippen molar-refractivity contribution in [1.29, 1.82) is 0 Å². The van der Waals surface area contributed by atoms with E-state index in [4.69, 9.17) is 0 Å². The first-order chi connectivity index (χ1) is 8.10. The number of rotatable bonds is 3. The van der Waals surface area contributed by atoms with Crippen LogP contribution in [-0.2, 0) is 20.0 Å². The molecule has 0 aromatic carbocycles. The molecule has 0 aliphatic carbocycles. The molecule has 0 radical (unpaired) electrons. The average molecular weight is 343 g/mol. The predicted molar refractivity (Wildman–Crippen MR) is 75.1 cm³/mol. The van der Waals surface area contributed by atoms with Gasteiger partial charge in [-0.2, -0.15) is 5.10 Å². The van der Waals surface area contributed by atoms with Crippen LogP contribution in [0.25, 0.3) is 0 Å². The van der Waals surface area contributed by atoms with Crippen LogP contribution in [0.5, 0.6) is 0 Å². The molecule has 0 spiro atoms. The molecule has 0 saturated heterocycles. The quantitative estimate of drug-likeness (QED) is 0.798. The topological polar surface area (TPSA) is 39.8 Å². The molecular formula is C12H14IN3O. The summed E-state index contributed by atoms with van der Waals surface area (Å²) >= 11 is 2.20. The normalized spacial score (nSPS) is 10.8. The third-order valence-corrected chi connectivity index (χ3v) is 3.31. The average Bonchev–Trinajstić information content (AvgIpc) is 2.65. The monoisotopic (exact) mass is 343 g/mol. The maximum absolute atomic E-state index is 11.7. The van der Waals surface area contributed by atoms with E-state index >= 15 is 0 Å². The van der Waals surface area contributed by atoms with Gasteiger partial charge in [-0.05, 0) is 41.1 Å². The number of nitrogens with zero attached hydrogens (tertiary/aromatic N) is 3. The summed E-state index contributed by atoms with van der Waals surface area (Å²) in [6, 6.07) is 5.46. The van der Waals surface area contributed by atoms with Crippen molar-refractivity contribution >= 4 is 22.6 Å². The van der Waals surface area contributed by atoms with E-state index in [1.165, 1.54) is 0 Å². The van der Waals surface area contributed by atoms with Gasteiger partial charge in [0.15, 0.2) is 0 Å². The smallest absolute Gasteiger partial charge is 0.250 e. The second kappa shape index (κ2) is 5.03. The zero-order valence-corrected chi connectivity index (χ0v) is 12.0. The Labute approximate surface area is 113 Å². The highest BCUT2D eigenvalue weighted by atomic mass is 127. The second-order valence-electron chi connectivity index (χ2n) is 3.92. The summed E-state index contributed by atoms with van der Waals surface area (Å²) in [5.41, 5.74) is 2.12. The zero-order valence-electron chi connectivity index (χ0n) is 9.85. The van der Waals surface area contributed by atoms with Crippen molar-refractivity contribution in [2.24, 2.45) is 7.05 Å². The van der Waals surface area contributed by atoms with Crippen LogP contribution in [0.15, 0.2) is 29.2 Å². The lowest BCUT2D eigenvalue weighted by atomic mass is 10.3. The number of pyridine rings is 1. The van der Waals surface area contributed by atoms with E-state index in [1.54, 1.807) is 10.6 Å². The van der Waals surface area contributed by atoms with Gasteiger partial charge < -0.3 is 4.57 Å². The standard InChI is InChI=1S/C12H14IN3O/c1-3-10-6-11(15(2)14-10)8-16-7-9(13)4-5-12(16)17/h4-7H,3,8H2,1-2H3. The van der Waals surface area contributed by atoms with E-state index in [2.05, 4.69) is 34.6 Å². The van der Waals surface area contributed by atoms with Crippen LogP contribution < -0.4 is 5.56 Å². The molecular weight excluding hydrogens is 329 g/mol. The van der Waals surface area contributed by atoms with E-state index < -0.39 is 0 Å². The Kier molecular flexibility index (Phi) is 3.66. The first-order valence-corrected chi connectivity index (χ1v) is 6.56. The van der Waals surface area contributed by atoms with Gasteiger partial charge in [0.25, 0.3) is 5.56 Å². The molecule has 0 aliphatic rings. The molecule has 2 heterocycles. The predicted octanol–water partition coefficient (Wildman–Crippen LogP) is 1.80. The molecule has 2 aromatic heterocycles. The van der Waals surface area contributed by atoms with E-state index in [0.717, 1.165) is 21.4 Å². The van der Waals surface area contributed by atoms with Crippen LogP contribution in [0.2, 0.25) is 0 Å². The molecule has 4 nitrogen and oxygen atoms in total. The van der Waals surface area contributed by atoms with Crippen LogP contribution in [0.1, 0.15) is 18.3 Å². The number of hydrogen-bond acceptors (Lipinski definition) is 2. The van der Waals surface area contributed by atoms with Crippen molar-refractivity contribution in [3.05, 3.63) is 49.7 Å². The summed E-state index contributed by atoms with van der Waals surface area (Å²) in [7, 11) is 1.91. The minimum Gasteiger partial charge on any atom is -0.308 e. The molecule has 17 heavy (non-hydrogen) atoms. The molecule has 0 fully saturated rings. The third kappa shape index (κ3) is 2.77. The van der Waals surface area contributed by atoms with E-state index in [9.17, 15) is 4.79 Å². The third-order valence-electron chi connectivity index (χ3n) is 2.67. The van der Waals surface area contributed by atoms with Crippen LogP contribution in [0, 0.1) is 3.57 Å². The molecule has 5 heteroatoms. The fourth-order valence-corrected chi connectivity index (χ4v) is 2.21. The molecule has 0 saturated carbocycles. The van der Waals surface area contributed by atoms with Crippen molar-refractivity contribution < 1.29 is 0 Å². The van der Waals surface area contributed by atoms with Gasteiger partial charge in [0.2, 0.25) is 0 Å². The summed E-state index contributed by atoms with van der Waals surface area (Å²) in [4.78, 5) is 11.7. The van der Waals surface area contributed by atoms with Gasteiger partial charge in [-0.15, -0.1) is 0 Å². The lowest BCUT2D eigenvalue weighted by Gasteiger charge is -2.05. The number of aromatic nitrogens is 3. The highest BCUT2D eigenvalue weighted by Crippen LogP contribution is 2.06. The van der Waals surface area contributed by atoms with Crippen LogP contribution in [0.4, 0.5) is 0 Å². The molecule has 0 amide bonds. The van der Waals surface area contributed by atoms with Crippen LogP contribution in [-0.4, -0.2) is 14.3 Å². The van der Waals surface area contributed by atoms with Crippen molar-refractivity contribution in [2.75, 3.05) is 0 Å². The fraction of sp³-hybridized carbons (Fsp3) is 0.333. The summed E-state index contributed by atoms with van der Waals surface area (Å²) in [6.45, 7) is 2.64. The maximum Gasteiger partial charge on any atom is 0.250 e. The van der Waals surface area contributed by atoms with Gasteiger partial charge >= 0.3 is 0 Å². The van der Waals surface area contributed by atoms with Gasteiger partial charge in [-0.3, -0.25) is 9.48 Å². The highest BCUT2D eigenvalue weighted by Gasteiger charge is 2.05. The van der Waals surface area contributed by atoms with Crippen LogP contribution in [0.3, 0.4) is 0 Å². The highest BCUT2D eigenvalue weighted by molar-refractivity contribution is 14.1. The number of hydrogen-bond donors (Lipinski definition) is 0. The summed E-state index contributed by atoms with van der Waals surface area (Å²) in [6.07, 6.45) is 2.77. The Bertz CT molecular complexity index is 586. The first kappa shape index (κ1) is 12.3. The molecule has 0 atom stereocenters. The van der Waals surface area contributed by atoms with Gasteiger partial charge in [0, 0.05) is 22.9 Å². The Morgan fingerprint density at radius 3 is 2.82 bits per heavy atom. The largest absolute Gasteiger partial charge is 0.308 e. The molecule has 90 valence electrons. The minimum absolute atomic E-state index is 0.0182. The summed E-state index contributed by atoms with van der Waals surface area (Å²) < 4.78 is 4.60. The van der Waals surface area contributed by atoms with E-state index in [0.29, 0.717) is 6.54 Å². The molecule has 0 unspecified atom stereocenters. The molecule has 0 aliphatic heterocycles. The molecule has 2 aromatic rings.